The molecule has 174 valence electrons. The molecule has 4 heterocycles. The van der Waals surface area contributed by atoms with E-state index in [1.807, 2.05) is 0 Å². The van der Waals surface area contributed by atoms with Gasteiger partial charge in [0.25, 0.3) is 0 Å². The van der Waals surface area contributed by atoms with Crippen molar-refractivity contribution in [1.29, 1.82) is 0 Å². The molecule has 0 amide bonds. The SMILES string of the molecule is Fc1cc2c(cc1F)C1=NC3=NC(=NC4=NC(=NC2=N1)c1cc(F)c(F)cc14)c1cc(F)c(F)cc13. The second-order valence-corrected chi connectivity index (χ2v) is 8.05. The molecule has 6 bridgehead atoms. The van der Waals surface area contributed by atoms with Crippen molar-refractivity contribution >= 4 is 35.0 Å². The van der Waals surface area contributed by atoms with Gasteiger partial charge >= 0.3 is 0 Å². The summed E-state index contributed by atoms with van der Waals surface area (Å²) in [6, 6.07) is 5.18. The molecule has 7 rings (SSSR count). The first-order valence-electron chi connectivity index (χ1n) is 10.3. The summed E-state index contributed by atoms with van der Waals surface area (Å²) in [7, 11) is 0. The zero-order valence-corrected chi connectivity index (χ0v) is 17.4. The van der Waals surface area contributed by atoms with E-state index >= 15 is 0 Å². The maximum absolute atomic E-state index is 14.1. The maximum Gasteiger partial charge on any atom is 0.164 e. The molecular formula is C24H6F6N6. The van der Waals surface area contributed by atoms with Crippen LogP contribution >= 0.6 is 0 Å². The largest absolute Gasteiger partial charge is 0.208 e. The highest BCUT2D eigenvalue weighted by Gasteiger charge is 2.33. The summed E-state index contributed by atoms with van der Waals surface area (Å²) in [6.45, 7) is 0. The first-order chi connectivity index (χ1) is 17.3. The van der Waals surface area contributed by atoms with Gasteiger partial charge in [-0.25, -0.2) is 56.3 Å². The summed E-state index contributed by atoms with van der Waals surface area (Å²) in [6.07, 6.45) is 0. The van der Waals surface area contributed by atoms with Crippen LogP contribution in [0.1, 0.15) is 33.4 Å². The summed E-state index contributed by atoms with van der Waals surface area (Å²) < 4.78 is 84.7. The van der Waals surface area contributed by atoms with Crippen LogP contribution in [0.5, 0.6) is 0 Å². The molecule has 0 unspecified atom stereocenters. The summed E-state index contributed by atoms with van der Waals surface area (Å²) in [5.74, 6) is -7.86. The molecule has 0 aliphatic carbocycles. The van der Waals surface area contributed by atoms with E-state index in [1.54, 1.807) is 0 Å². The van der Waals surface area contributed by atoms with Crippen LogP contribution in [-0.4, -0.2) is 35.0 Å². The van der Waals surface area contributed by atoms with Crippen molar-refractivity contribution in [2.24, 2.45) is 30.0 Å². The molecule has 0 saturated carbocycles. The number of rotatable bonds is 0. The molecule has 4 aliphatic heterocycles. The van der Waals surface area contributed by atoms with Gasteiger partial charge < -0.3 is 0 Å². The Balaban J connectivity index is 1.58. The molecule has 0 N–H and O–H groups in total. The lowest BCUT2D eigenvalue weighted by molar-refractivity contribution is 0.508. The van der Waals surface area contributed by atoms with Gasteiger partial charge in [0.2, 0.25) is 0 Å². The molecule has 0 aromatic heterocycles. The monoisotopic (exact) mass is 492 g/mol. The average Bonchev–Trinajstić information content (AvgIpc) is 3.43. The summed E-state index contributed by atoms with van der Waals surface area (Å²) in [4.78, 5) is 25.6. The highest BCUT2D eigenvalue weighted by atomic mass is 19.2. The predicted molar refractivity (Wildman–Crippen MR) is 118 cm³/mol. The molecule has 0 saturated heterocycles. The van der Waals surface area contributed by atoms with E-state index in [-0.39, 0.29) is 68.4 Å². The van der Waals surface area contributed by atoms with Gasteiger partial charge in [0.1, 0.15) is 0 Å². The third kappa shape index (κ3) is 2.81. The number of fused-ring (bicyclic) bond motifs is 12. The molecule has 36 heavy (non-hydrogen) atoms. The van der Waals surface area contributed by atoms with E-state index in [2.05, 4.69) is 30.0 Å². The Hall–Kier alpha value is -4.74. The molecule has 0 fully saturated rings. The Morgan fingerprint density at radius 1 is 0.278 bits per heavy atom. The van der Waals surface area contributed by atoms with Crippen LogP contribution in [0.3, 0.4) is 0 Å². The molecule has 3 aromatic rings. The molecule has 3 aromatic carbocycles. The van der Waals surface area contributed by atoms with Gasteiger partial charge in [-0.2, -0.15) is 0 Å². The van der Waals surface area contributed by atoms with Crippen molar-refractivity contribution in [2.45, 2.75) is 0 Å². The van der Waals surface area contributed by atoms with E-state index in [0.717, 1.165) is 36.4 Å². The molecular weight excluding hydrogens is 486 g/mol. The fraction of sp³-hybridized carbons (Fsp3) is 0. The van der Waals surface area contributed by atoms with Crippen LogP contribution in [0, 0.1) is 34.9 Å². The van der Waals surface area contributed by atoms with E-state index in [9.17, 15) is 26.3 Å². The molecule has 0 atom stereocenters. The maximum atomic E-state index is 14.1. The van der Waals surface area contributed by atoms with Crippen molar-refractivity contribution in [3.63, 3.8) is 0 Å². The smallest absolute Gasteiger partial charge is 0.164 e. The van der Waals surface area contributed by atoms with Crippen LogP contribution in [-0.2, 0) is 0 Å². The van der Waals surface area contributed by atoms with Gasteiger partial charge in [-0.15, -0.1) is 0 Å². The summed E-state index contributed by atoms with van der Waals surface area (Å²) >= 11 is 0. The van der Waals surface area contributed by atoms with E-state index in [1.165, 1.54) is 0 Å². The molecule has 6 nitrogen and oxygen atoms in total. The molecule has 0 radical (unpaired) electrons. The summed E-state index contributed by atoms with van der Waals surface area (Å²) in [5, 5.41) is 0. The Bertz CT molecular complexity index is 1580. The van der Waals surface area contributed by atoms with Crippen LogP contribution in [0.4, 0.5) is 26.3 Å². The lowest BCUT2D eigenvalue weighted by Gasteiger charge is -2.03. The molecule has 4 aliphatic rings. The lowest BCUT2D eigenvalue weighted by Crippen LogP contribution is -2.05. The van der Waals surface area contributed by atoms with E-state index in [4.69, 9.17) is 0 Å². The Morgan fingerprint density at radius 2 is 0.417 bits per heavy atom. The minimum atomic E-state index is -1.18. The first kappa shape index (κ1) is 20.6. The number of nitrogens with zero attached hydrogens (tertiary/aromatic N) is 6. The van der Waals surface area contributed by atoms with Crippen molar-refractivity contribution in [3.05, 3.63) is 105 Å². The number of hydrogen-bond donors (Lipinski definition) is 0. The third-order valence-electron chi connectivity index (χ3n) is 5.90. The number of halogens is 6. The average molecular weight is 492 g/mol. The van der Waals surface area contributed by atoms with Gasteiger partial charge in [0.05, 0.1) is 0 Å². The molecule has 0 spiro atoms. The van der Waals surface area contributed by atoms with Crippen molar-refractivity contribution in [1.82, 2.24) is 0 Å². The lowest BCUT2D eigenvalue weighted by atomic mass is 10.1. The van der Waals surface area contributed by atoms with Crippen molar-refractivity contribution < 1.29 is 26.3 Å². The number of aliphatic imine (C=N–C) groups is 6. The van der Waals surface area contributed by atoms with Gasteiger partial charge in [0.15, 0.2) is 69.9 Å². The zero-order valence-electron chi connectivity index (χ0n) is 17.4. The van der Waals surface area contributed by atoms with Gasteiger partial charge in [-0.1, -0.05) is 0 Å². The third-order valence-corrected chi connectivity index (χ3v) is 5.90. The fourth-order valence-corrected chi connectivity index (χ4v) is 4.23. The standard InChI is InChI=1S/C24H6F6N6/c25-13-1-7-8(2-14(13)26)20-31-19(7)34-21-9-3-15(27)16(28)4-10(9)23(32-21)36-24-12-6-18(30)17(29)5-11(12)22(33-24)35-20/h1-6H. The second-order valence-electron chi connectivity index (χ2n) is 8.05. The summed E-state index contributed by atoms with van der Waals surface area (Å²) in [5.41, 5.74) is 0.319. The minimum Gasteiger partial charge on any atom is -0.208 e. The Kier molecular flexibility index (Phi) is 3.95. The van der Waals surface area contributed by atoms with E-state index in [0.29, 0.717) is 0 Å². The zero-order chi connectivity index (χ0) is 24.9. The normalized spacial score (nSPS) is 16.5. The second kappa shape index (κ2) is 6.90. The number of amidine groups is 6. The predicted octanol–water partition coefficient (Wildman–Crippen LogP) is 4.46. The van der Waals surface area contributed by atoms with Crippen LogP contribution in [0.25, 0.3) is 0 Å². The van der Waals surface area contributed by atoms with E-state index < -0.39 is 34.9 Å². The first-order valence-corrected chi connectivity index (χ1v) is 10.3. The van der Waals surface area contributed by atoms with Gasteiger partial charge in [-0.3, -0.25) is 0 Å². The van der Waals surface area contributed by atoms with Crippen LogP contribution in [0.2, 0.25) is 0 Å². The Morgan fingerprint density at radius 3 is 0.556 bits per heavy atom. The van der Waals surface area contributed by atoms with Gasteiger partial charge in [0, 0.05) is 33.4 Å². The minimum absolute atomic E-state index is 0.0532. The fourth-order valence-electron chi connectivity index (χ4n) is 4.23. The Labute approximate surface area is 196 Å². The topological polar surface area (TPSA) is 74.2 Å². The number of hydrogen-bond acceptors (Lipinski definition) is 6. The highest BCUT2D eigenvalue weighted by molar-refractivity contribution is 6.34. The highest BCUT2D eigenvalue weighted by Crippen LogP contribution is 2.31. The van der Waals surface area contributed by atoms with Crippen molar-refractivity contribution in [3.8, 4) is 0 Å². The van der Waals surface area contributed by atoms with Crippen LogP contribution < -0.4 is 0 Å². The van der Waals surface area contributed by atoms with Crippen molar-refractivity contribution in [2.75, 3.05) is 0 Å². The quantitative estimate of drug-likeness (QED) is 0.416. The number of benzene rings is 3. The van der Waals surface area contributed by atoms with Crippen LogP contribution in [0.15, 0.2) is 66.4 Å². The van der Waals surface area contributed by atoms with Gasteiger partial charge in [-0.05, 0) is 36.4 Å². The molecule has 12 heteroatoms.